The van der Waals surface area contributed by atoms with Gasteiger partial charge in [-0.2, -0.15) is 0 Å². The average molecular weight is 257 g/mol. The Bertz CT molecular complexity index is 626. The number of aromatic carboxylic acids is 1. The van der Waals surface area contributed by atoms with E-state index in [-0.39, 0.29) is 5.56 Å². The minimum absolute atomic E-state index is 0.0863. The molecule has 5 heteroatoms. The first kappa shape index (κ1) is 13.0. The Balaban J connectivity index is 2.46. The van der Waals surface area contributed by atoms with E-state index < -0.39 is 5.97 Å². The Labute approximate surface area is 111 Å². The van der Waals surface area contributed by atoms with E-state index in [1.54, 1.807) is 11.9 Å². The summed E-state index contributed by atoms with van der Waals surface area (Å²) in [6.45, 7) is 4.05. The molecule has 0 aliphatic carbocycles. The predicted octanol–water partition coefficient (Wildman–Crippen LogP) is 2.56. The molecule has 0 aliphatic rings. The summed E-state index contributed by atoms with van der Waals surface area (Å²) >= 11 is 0. The van der Waals surface area contributed by atoms with Gasteiger partial charge in [0.05, 0.1) is 0 Å². The molecular weight excluding hydrogens is 242 g/mol. The zero-order chi connectivity index (χ0) is 14.0. The topological polar surface area (TPSA) is 66.3 Å². The summed E-state index contributed by atoms with van der Waals surface area (Å²) in [4.78, 5) is 20.7. The van der Waals surface area contributed by atoms with Gasteiger partial charge in [0.15, 0.2) is 5.82 Å². The minimum Gasteiger partial charge on any atom is -0.477 e. The van der Waals surface area contributed by atoms with Gasteiger partial charge < -0.3 is 10.0 Å². The van der Waals surface area contributed by atoms with E-state index >= 15 is 0 Å². The lowest BCUT2D eigenvalue weighted by Crippen LogP contribution is -2.16. The summed E-state index contributed by atoms with van der Waals surface area (Å²) in [6, 6.07) is 5.95. The fourth-order valence-electron chi connectivity index (χ4n) is 1.80. The summed E-state index contributed by atoms with van der Waals surface area (Å²) < 4.78 is 0. The van der Waals surface area contributed by atoms with Crippen LogP contribution in [0.1, 0.15) is 21.5 Å². The summed E-state index contributed by atoms with van der Waals surface area (Å²) in [5.74, 6) is -0.656. The molecule has 0 radical (unpaired) electrons. The van der Waals surface area contributed by atoms with Crippen molar-refractivity contribution in [1.82, 2.24) is 9.97 Å². The molecule has 5 nitrogen and oxygen atoms in total. The molecule has 2 rings (SSSR count). The Morgan fingerprint density at radius 1 is 1.26 bits per heavy atom. The molecule has 0 aliphatic heterocycles. The third-order valence-corrected chi connectivity index (χ3v) is 3.12. The molecule has 0 unspecified atom stereocenters. The first-order valence-corrected chi connectivity index (χ1v) is 5.85. The van der Waals surface area contributed by atoms with E-state index in [1.165, 1.54) is 18.1 Å². The average Bonchev–Trinajstić information content (AvgIpc) is 2.41. The molecule has 0 amide bonds. The lowest BCUT2D eigenvalue weighted by molar-refractivity contribution is 0.0697. The van der Waals surface area contributed by atoms with Gasteiger partial charge in [0, 0.05) is 18.9 Å². The van der Waals surface area contributed by atoms with E-state index in [4.69, 9.17) is 5.11 Å². The predicted molar refractivity (Wildman–Crippen MR) is 73.0 cm³/mol. The molecule has 0 atom stereocenters. The van der Waals surface area contributed by atoms with Crippen molar-refractivity contribution in [3.05, 3.63) is 47.4 Å². The quantitative estimate of drug-likeness (QED) is 0.915. The standard InChI is InChI=1S/C14H15N3O2/c1-9-4-5-11(6-10(9)2)17(3)13-12(14(18)19)7-15-8-16-13/h4-8H,1-3H3,(H,18,19). The number of carboxylic acids is 1. The molecular formula is C14H15N3O2. The van der Waals surface area contributed by atoms with Gasteiger partial charge in [-0.25, -0.2) is 14.8 Å². The molecule has 0 fully saturated rings. The van der Waals surface area contributed by atoms with Crippen LogP contribution in [0.3, 0.4) is 0 Å². The first-order valence-electron chi connectivity index (χ1n) is 5.85. The van der Waals surface area contributed by atoms with E-state index in [0.29, 0.717) is 5.82 Å². The third kappa shape index (κ3) is 2.54. The lowest BCUT2D eigenvalue weighted by Gasteiger charge is -2.20. The van der Waals surface area contributed by atoms with Crippen molar-refractivity contribution in [2.75, 3.05) is 11.9 Å². The van der Waals surface area contributed by atoms with Gasteiger partial charge >= 0.3 is 5.97 Å². The Hall–Kier alpha value is -2.43. The fraction of sp³-hybridized carbons (Fsp3) is 0.214. The molecule has 1 N–H and O–H groups in total. The summed E-state index contributed by atoms with van der Waals surface area (Å²) in [6.07, 6.45) is 2.65. The molecule has 1 heterocycles. The first-order chi connectivity index (χ1) is 9.00. The van der Waals surface area contributed by atoms with Crippen molar-refractivity contribution in [2.45, 2.75) is 13.8 Å². The van der Waals surface area contributed by atoms with Crippen LogP contribution >= 0.6 is 0 Å². The summed E-state index contributed by atoms with van der Waals surface area (Å²) in [5, 5.41) is 9.15. The number of hydrogen-bond acceptors (Lipinski definition) is 4. The number of rotatable bonds is 3. The van der Waals surface area contributed by atoms with Gasteiger partial charge in [0.25, 0.3) is 0 Å². The van der Waals surface area contributed by atoms with Crippen LogP contribution in [0.25, 0.3) is 0 Å². The molecule has 0 spiro atoms. The van der Waals surface area contributed by atoms with Crippen LogP contribution in [0.2, 0.25) is 0 Å². The smallest absolute Gasteiger partial charge is 0.341 e. The van der Waals surface area contributed by atoms with Crippen molar-refractivity contribution >= 4 is 17.5 Å². The normalized spacial score (nSPS) is 10.3. The number of aromatic nitrogens is 2. The van der Waals surface area contributed by atoms with Crippen LogP contribution in [0.4, 0.5) is 11.5 Å². The van der Waals surface area contributed by atoms with Gasteiger partial charge in [-0.05, 0) is 37.1 Å². The maximum absolute atomic E-state index is 11.2. The summed E-state index contributed by atoms with van der Waals surface area (Å²) in [7, 11) is 1.79. The van der Waals surface area contributed by atoms with Crippen molar-refractivity contribution in [3.63, 3.8) is 0 Å². The zero-order valence-corrected chi connectivity index (χ0v) is 11.1. The number of benzene rings is 1. The van der Waals surface area contributed by atoms with Gasteiger partial charge in [-0.1, -0.05) is 6.07 Å². The SMILES string of the molecule is Cc1ccc(N(C)c2ncncc2C(=O)O)cc1C. The van der Waals surface area contributed by atoms with E-state index in [1.807, 2.05) is 32.0 Å². The Kier molecular flexibility index (Phi) is 3.46. The van der Waals surface area contributed by atoms with E-state index in [0.717, 1.165) is 11.3 Å². The van der Waals surface area contributed by atoms with Crippen LogP contribution in [-0.2, 0) is 0 Å². The Morgan fingerprint density at radius 3 is 2.63 bits per heavy atom. The number of aryl methyl sites for hydroxylation is 2. The van der Waals surface area contributed by atoms with E-state index in [2.05, 4.69) is 9.97 Å². The maximum Gasteiger partial charge on any atom is 0.341 e. The number of carboxylic acid groups (broad SMARTS) is 1. The molecule has 0 bridgehead atoms. The minimum atomic E-state index is -1.04. The van der Waals surface area contributed by atoms with Gasteiger partial charge in [0.1, 0.15) is 11.9 Å². The highest BCUT2D eigenvalue weighted by atomic mass is 16.4. The number of nitrogens with zero attached hydrogens (tertiary/aromatic N) is 3. The van der Waals surface area contributed by atoms with Crippen molar-refractivity contribution in [2.24, 2.45) is 0 Å². The van der Waals surface area contributed by atoms with Gasteiger partial charge in [0.2, 0.25) is 0 Å². The highest BCUT2D eigenvalue weighted by molar-refractivity contribution is 5.93. The van der Waals surface area contributed by atoms with Crippen molar-refractivity contribution in [1.29, 1.82) is 0 Å². The van der Waals surface area contributed by atoms with Crippen molar-refractivity contribution < 1.29 is 9.90 Å². The number of anilines is 2. The monoisotopic (exact) mass is 257 g/mol. The second-order valence-corrected chi connectivity index (χ2v) is 4.39. The number of hydrogen-bond donors (Lipinski definition) is 1. The summed E-state index contributed by atoms with van der Waals surface area (Å²) in [5.41, 5.74) is 3.32. The Morgan fingerprint density at radius 2 is 2.00 bits per heavy atom. The molecule has 98 valence electrons. The highest BCUT2D eigenvalue weighted by Crippen LogP contribution is 2.26. The largest absolute Gasteiger partial charge is 0.477 e. The second kappa shape index (κ2) is 5.06. The van der Waals surface area contributed by atoms with Crippen LogP contribution < -0.4 is 4.90 Å². The van der Waals surface area contributed by atoms with Crippen molar-refractivity contribution in [3.8, 4) is 0 Å². The molecule has 19 heavy (non-hydrogen) atoms. The molecule has 1 aromatic carbocycles. The molecule has 0 saturated carbocycles. The molecule has 2 aromatic rings. The highest BCUT2D eigenvalue weighted by Gasteiger charge is 2.16. The number of carbonyl (C=O) groups is 1. The van der Waals surface area contributed by atoms with Gasteiger partial charge in [-0.3, -0.25) is 0 Å². The van der Waals surface area contributed by atoms with Crippen LogP contribution in [0.5, 0.6) is 0 Å². The third-order valence-electron chi connectivity index (χ3n) is 3.12. The van der Waals surface area contributed by atoms with Crippen LogP contribution in [-0.4, -0.2) is 28.1 Å². The molecule has 1 aromatic heterocycles. The van der Waals surface area contributed by atoms with Gasteiger partial charge in [-0.15, -0.1) is 0 Å². The zero-order valence-electron chi connectivity index (χ0n) is 11.1. The lowest BCUT2D eigenvalue weighted by atomic mass is 10.1. The molecule has 0 saturated heterocycles. The fourth-order valence-corrected chi connectivity index (χ4v) is 1.80. The second-order valence-electron chi connectivity index (χ2n) is 4.39. The van der Waals surface area contributed by atoms with Crippen LogP contribution in [0.15, 0.2) is 30.7 Å². The maximum atomic E-state index is 11.2. The van der Waals surface area contributed by atoms with E-state index in [9.17, 15) is 4.79 Å². The van der Waals surface area contributed by atoms with Crippen LogP contribution in [0, 0.1) is 13.8 Å².